The standard InChI is InChI=1S/C11H14N4O3/c1-16-9-3-4-13-8(11(9)17-2)5-12-6-10-14-7-18-15-10/h3-4,7,12H,5-6H2,1-2H3. The predicted molar refractivity (Wildman–Crippen MR) is 62.2 cm³/mol. The predicted octanol–water partition coefficient (Wildman–Crippen LogP) is 0.772. The molecule has 0 amide bonds. The Kier molecular flexibility index (Phi) is 4.08. The quantitative estimate of drug-likeness (QED) is 0.810. The van der Waals surface area contributed by atoms with Gasteiger partial charge in [-0.25, -0.2) is 0 Å². The van der Waals surface area contributed by atoms with E-state index in [0.29, 0.717) is 30.4 Å². The molecule has 0 aliphatic rings. The van der Waals surface area contributed by atoms with Crippen LogP contribution in [-0.2, 0) is 13.1 Å². The summed E-state index contributed by atoms with van der Waals surface area (Å²) in [6, 6.07) is 1.75. The average Bonchev–Trinajstić information content (AvgIpc) is 2.91. The van der Waals surface area contributed by atoms with Gasteiger partial charge in [0.05, 0.1) is 26.5 Å². The topological polar surface area (TPSA) is 82.3 Å². The van der Waals surface area contributed by atoms with Gasteiger partial charge in [-0.1, -0.05) is 5.16 Å². The molecule has 0 spiro atoms. The zero-order valence-corrected chi connectivity index (χ0v) is 10.2. The van der Waals surface area contributed by atoms with Crippen LogP contribution >= 0.6 is 0 Å². The summed E-state index contributed by atoms with van der Waals surface area (Å²) in [5.41, 5.74) is 0.764. The lowest BCUT2D eigenvalue weighted by Crippen LogP contribution is -2.15. The van der Waals surface area contributed by atoms with Crippen LogP contribution in [0.15, 0.2) is 23.2 Å². The molecule has 0 aromatic carbocycles. The summed E-state index contributed by atoms with van der Waals surface area (Å²) in [6.45, 7) is 1.02. The first kappa shape index (κ1) is 12.3. The van der Waals surface area contributed by atoms with Crippen LogP contribution in [0.25, 0.3) is 0 Å². The molecule has 0 fully saturated rings. The van der Waals surface area contributed by atoms with E-state index >= 15 is 0 Å². The molecular weight excluding hydrogens is 236 g/mol. The van der Waals surface area contributed by atoms with Crippen LogP contribution in [0, 0.1) is 0 Å². The fraction of sp³-hybridized carbons (Fsp3) is 0.364. The maximum Gasteiger partial charge on any atom is 0.213 e. The van der Waals surface area contributed by atoms with Gasteiger partial charge in [-0.15, -0.1) is 0 Å². The number of rotatable bonds is 6. The maximum absolute atomic E-state index is 5.28. The molecule has 1 N–H and O–H groups in total. The van der Waals surface area contributed by atoms with Gasteiger partial charge in [0.1, 0.15) is 0 Å². The minimum absolute atomic E-state index is 0.499. The molecule has 2 aromatic rings. The summed E-state index contributed by atoms with van der Waals surface area (Å²) >= 11 is 0. The molecule has 0 radical (unpaired) electrons. The van der Waals surface area contributed by atoms with Gasteiger partial charge in [-0.05, 0) is 0 Å². The SMILES string of the molecule is COc1ccnc(CNCc2ncon2)c1OC. The lowest BCUT2D eigenvalue weighted by atomic mass is 10.3. The van der Waals surface area contributed by atoms with E-state index in [1.165, 1.54) is 6.39 Å². The van der Waals surface area contributed by atoms with Crippen molar-refractivity contribution < 1.29 is 14.0 Å². The first-order valence-electron chi connectivity index (χ1n) is 5.37. The van der Waals surface area contributed by atoms with Crippen molar-refractivity contribution in [3.63, 3.8) is 0 Å². The van der Waals surface area contributed by atoms with Crippen LogP contribution in [0.5, 0.6) is 11.5 Å². The molecule has 7 heteroatoms. The van der Waals surface area contributed by atoms with Crippen molar-refractivity contribution in [3.05, 3.63) is 30.2 Å². The monoisotopic (exact) mass is 250 g/mol. The van der Waals surface area contributed by atoms with Crippen LogP contribution in [0.1, 0.15) is 11.5 Å². The number of aromatic nitrogens is 3. The summed E-state index contributed by atoms with van der Waals surface area (Å²) < 4.78 is 15.1. The minimum atomic E-state index is 0.499. The smallest absolute Gasteiger partial charge is 0.213 e. The van der Waals surface area contributed by atoms with E-state index in [9.17, 15) is 0 Å². The molecule has 0 aliphatic carbocycles. The maximum atomic E-state index is 5.28. The Morgan fingerprint density at radius 2 is 2.11 bits per heavy atom. The highest BCUT2D eigenvalue weighted by Gasteiger charge is 2.10. The van der Waals surface area contributed by atoms with Gasteiger partial charge in [0.25, 0.3) is 0 Å². The highest BCUT2D eigenvalue weighted by Crippen LogP contribution is 2.28. The van der Waals surface area contributed by atoms with Gasteiger partial charge in [-0.3, -0.25) is 4.98 Å². The first-order chi connectivity index (χ1) is 8.85. The second-order valence-electron chi connectivity index (χ2n) is 3.44. The second-order valence-corrected chi connectivity index (χ2v) is 3.44. The van der Waals surface area contributed by atoms with Crippen molar-refractivity contribution >= 4 is 0 Å². The van der Waals surface area contributed by atoms with Crippen molar-refractivity contribution in [2.45, 2.75) is 13.1 Å². The lowest BCUT2D eigenvalue weighted by molar-refractivity contribution is 0.348. The number of nitrogens with one attached hydrogen (secondary N) is 1. The van der Waals surface area contributed by atoms with Crippen LogP contribution in [0.2, 0.25) is 0 Å². The fourth-order valence-corrected chi connectivity index (χ4v) is 1.54. The average molecular weight is 250 g/mol. The zero-order valence-electron chi connectivity index (χ0n) is 10.2. The summed E-state index contributed by atoms with van der Waals surface area (Å²) in [4.78, 5) is 8.15. The lowest BCUT2D eigenvalue weighted by Gasteiger charge is -2.11. The Hall–Kier alpha value is -2.15. The highest BCUT2D eigenvalue weighted by atomic mass is 16.5. The van der Waals surface area contributed by atoms with E-state index in [0.717, 1.165) is 5.69 Å². The van der Waals surface area contributed by atoms with Crippen molar-refractivity contribution in [2.24, 2.45) is 0 Å². The van der Waals surface area contributed by atoms with Gasteiger partial charge in [0.15, 0.2) is 17.3 Å². The Balaban J connectivity index is 2.00. The summed E-state index contributed by atoms with van der Waals surface area (Å²) in [6.07, 6.45) is 2.97. The van der Waals surface area contributed by atoms with Crippen molar-refractivity contribution in [1.82, 2.24) is 20.4 Å². The highest BCUT2D eigenvalue weighted by molar-refractivity contribution is 5.42. The molecular formula is C11H14N4O3. The van der Waals surface area contributed by atoms with E-state index in [2.05, 4.69) is 25.0 Å². The molecule has 7 nitrogen and oxygen atoms in total. The second kappa shape index (κ2) is 5.97. The van der Waals surface area contributed by atoms with Crippen LogP contribution in [0.4, 0.5) is 0 Å². The summed E-state index contributed by atoms with van der Waals surface area (Å²) in [7, 11) is 3.18. The molecule has 0 bridgehead atoms. The van der Waals surface area contributed by atoms with Gasteiger partial charge >= 0.3 is 0 Å². The minimum Gasteiger partial charge on any atom is -0.493 e. The molecule has 2 rings (SSSR count). The van der Waals surface area contributed by atoms with Crippen LogP contribution in [-0.4, -0.2) is 29.3 Å². The molecule has 0 atom stereocenters. The van der Waals surface area contributed by atoms with Crippen molar-refractivity contribution in [3.8, 4) is 11.5 Å². The van der Waals surface area contributed by atoms with Crippen LogP contribution < -0.4 is 14.8 Å². The first-order valence-corrected chi connectivity index (χ1v) is 5.37. The van der Waals surface area contributed by atoms with E-state index in [4.69, 9.17) is 9.47 Å². The fourth-order valence-electron chi connectivity index (χ4n) is 1.54. The molecule has 0 saturated heterocycles. The number of ether oxygens (including phenoxy) is 2. The van der Waals surface area contributed by atoms with Gasteiger partial charge in [0, 0.05) is 18.8 Å². The van der Waals surface area contributed by atoms with Crippen molar-refractivity contribution in [1.29, 1.82) is 0 Å². The van der Waals surface area contributed by atoms with E-state index in [1.807, 2.05) is 0 Å². The summed E-state index contributed by atoms with van der Waals surface area (Å²) in [5, 5.41) is 6.85. The van der Waals surface area contributed by atoms with Gasteiger partial charge in [0.2, 0.25) is 6.39 Å². The molecule has 18 heavy (non-hydrogen) atoms. The molecule has 0 saturated carbocycles. The van der Waals surface area contributed by atoms with E-state index in [1.54, 1.807) is 26.5 Å². The molecule has 0 aliphatic heterocycles. The van der Waals surface area contributed by atoms with E-state index in [-0.39, 0.29) is 0 Å². The third-order valence-corrected chi connectivity index (χ3v) is 2.35. The molecule has 96 valence electrons. The zero-order chi connectivity index (χ0) is 12.8. The van der Waals surface area contributed by atoms with Gasteiger partial charge in [-0.2, -0.15) is 4.98 Å². The largest absolute Gasteiger partial charge is 0.493 e. The number of methoxy groups -OCH3 is 2. The Labute approximate surface area is 104 Å². The third kappa shape index (κ3) is 2.75. The van der Waals surface area contributed by atoms with E-state index < -0.39 is 0 Å². The number of pyridine rings is 1. The molecule has 2 aromatic heterocycles. The third-order valence-electron chi connectivity index (χ3n) is 2.35. The number of hydrogen-bond acceptors (Lipinski definition) is 7. The Morgan fingerprint density at radius 1 is 1.22 bits per heavy atom. The van der Waals surface area contributed by atoms with Crippen molar-refractivity contribution in [2.75, 3.05) is 14.2 Å². The summed E-state index contributed by atoms with van der Waals surface area (Å²) in [5.74, 6) is 1.88. The molecule has 0 unspecified atom stereocenters. The van der Waals surface area contributed by atoms with Crippen LogP contribution in [0.3, 0.4) is 0 Å². The Morgan fingerprint density at radius 3 is 2.78 bits per heavy atom. The number of nitrogens with zero attached hydrogens (tertiary/aromatic N) is 3. The number of hydrogen-bond donors (Lipinski definition) is 1. The molecule has 2 heterocycles. The normalized spacial score (nSPS) is 10.3. The Bertz CT molecular complexity index is 487. The van der Waals surface area contributed by atoms with Gasteiger partial charge < -0.3 is 19.3 Å².